The van der Waals surface area contributed by atoms with Gasteiger partial charge in [-0.25, -0.2) is 0 Å². The molecule has 2 heterocycles. The summed E-state index contributed by atoms with van der Waals surface area (Å²) in [5.74, 6) is 0.469. The lowest BCUT2D eigenvalue weighted by Gasteiger charge is -2.25. The Hall–Kier alpha value is -1.85. The summed E-state index contributed by atoms with van der Waals surface area (Å²) < 4.78 is 0.854. The van der Waals surface area contributed by atoms with Crippen LogP contribution in [0.5, 0.6) is 0 Å². The zero-order valence-corrected chi connectivity index (χ0v) is 16.3. The first-order valence-corrected chi connectivity index (χ1v) is 10.5. The number of hydrogen-bond donors (Lipinski definition) is 0. The summed E-state index contributed by atoms with van der Waals surface area (Å²) in [6.45, 7) is 2.05. The highest BCUT2D eigenvalue weighted by atomic mass is 32.2. The monoisotopic (exact) mass is 382 g/mol. The fourth-order valence-corrected chi connectivity index (χ4v) is 4.83. The standard InChI is InChI=1S/C21H22N2OS2/c24-20(15-26-21(25)22-13-5-6-14-22)23-18-9-3-1-7-16(18)11-12-17-8-2-4-10-19(17)23/h1-4,7-10H,5-6,11-15H2. The van der Waals surface area contributed by atoms with Crippen molar-refractivity contribution < 1.29 is 4.79 Å². The zero-order chi connectivity index (χ0) is 17.9. The van der Waals surface area contributed by atoms with E-state index in [1.165, 1.54) is 35.7 Å². The second kappa shape index (κ2) is 7.80. The highest BCUT2D eigenvalue weighted by Crippen LogP contribution is 2.36. The Labute approximate surface area is 164 Å². The van der Waals surface area contributed by atoms with Crippen LogP contribution in [0.1, 0.15) is 24.0 Å². The largest absolute Gasteiger partial charge is 0.358 e. The SMILES string of the molecule is O=C(CSC(=S)N1CCCC1)N1c2ccccc2CCc2ccccc21. The average Bonchev–Trinajstić information content (AvgIpc) is 3.15. The van der Waals surface area contributed by atoms with E-state index in [-0.39, 0.29) is 5.91 Å². The molecule has 2 aliphatic heterocycles. The van der Waals surface area contributed by atoms with Gasteiger partial charge in [0.15, 0.2) is 0 Å². The summed E-state index contributed by atoms with van der Waals surface area (Å²) in [4.78, 5) is 17.3. The molecule has 0 atom stereocenters. The summed E-state index contributed by atoms with van der Waals surface area (Å²) in [6.07, 6.45) is 4.30. The summed E-state index contributed by atoms with van der Waals surface area (Å²) >= 11 is 7.03. The Kier molecular flexibility index (Phi) is 5.27. The fourth-order valence-electron chi connectivity index (χ4n) is 3.73. The van der Waals surface area contributed by atoms with Gasteiger partial charge in [0.2, 0.25) is 5.91 Å². The van der Waals surface area contributed by atoms with Gasteiger partial charge in [-0.3, -0.25) is 9.69 Å². The van der Waals surface area contributed by atoms with E-state index in [1.54, 1.807) is 0 Å². The second-order valence-electron chi connectivity index (χ2n) is 6.74. The van der Waals surface area contributed by atoms with Crippen molar-refractivity contribution in [2.24, 2.45) is 0 Å². The number of thiocarbonyl (C=S) groups is 1. The summed E-state index contributed by atoms with van der Waals surface area (Å²) in [6, 6.07) is 16.5. The quantitative estimate of drug-likeness (QED) is 0.710. The van der Waals surface area contributed by atoms with Crippen LogP contribution in [0.15, 0.2) is 48.5 Å². The lowest BCUT2D eigenvalue weighted by molar-refractivity contribution is -0.115. The molecule has 5 heteroatoms. The molecule has 0 aromatic heterocycles. The molecular formula is C21H22N2OS2. The van der Waals surface area contributed by atoms with E-state index in [9.17, 15) is 4.79 Å². The maximum atomic E-state index is 13.2. The third kappa shape index (κ3) is 3.51. The van der Waals surface area contributed by atoms with Crippen molar-refractivity contribution >= 4 is 45.6 Å². The second-order valence-corrected chi connectivity index (χ2v) is 8.34. The van der Waals surface area contributed by atoms with Crippen molar-refractivity contribution in [3.63, 3.8) is 0 Å². The van der Waals surface area contributed by atoms with Gasteiger partial charge in [0.05, 0.1) is 17.1 Å². The third-order valence-corrected chi connectivity index (χ3v) is 6.57. The molecule has 0 unspecified atom stereocenters. The number of anilines is 2. The lowest BCUT2D eigenvalue weighted by atomic mass is 10.0. The van der Waals surface area contributed by atoms with Gasteiger partial charge in [-0.15, -0.1) is 0 Å². The molecule has 0 N–H and O–H groups in total. The molecule has 1 amide bonds. The van der Waals surface area contributed by atoms with E-state index >= 15 is 0 Å². The highest BCUT2D eigenvalue weighted by molar-refractivity contribution is 8.23. The Morgan fingerprint density at radius 3 is 2.04 bits per heavy atom. The summed E-state index contributed by atoms with van der Waals surface area (Å²) in [5.41, 5.74) is 4.47. The number of nitrogens with zero attached hydrogens (tertiary/aromatic N) is 2. The van der Waals surface area contributed by atoms with Crippen LogP contribution in [-0.4, -0.2) is 34.0 Å². The summed E-state index contributed by atoms with van der Waals surface area (Å²) in [5, 5.41) is 0. The normalized spacial score (nSPS) is 16.0. The first-order chi connectivity index (χ1) is 12.7. The number of hydrogen-bond acceptors (Lipinski definition) is 3. The van der Waals surface area contributed by atoms with Gasteiger partial charge < -0.3 is 4.90 Å². The minimum atomic E-state index is 0.0957. The number of benzene rings is 2. The topological polar surface area (TPSA) is 23.6 Å². The molecule has 3 nitrogen and oxygen atoms in total. The van der Waals surface area contributed by atoms with Crippen LogP contribution in [0.3, 0.4) is 0 Å². The van der Waals surface area contributed by atoms with Crippen molar-refractivity contribution in [1.82, 2.24) is 4.90 Å². The molecule has 2 aromatic carbocycles. The van der Waals surface area contributed by atoms with Crippen LogP contribution in [0.2, 0.25) is 0 Å². The van der Waals surface area contributed by atoms with Gasteiger partial charge in [-0.05, 0) is 48.9 Å². The van der Waals surface area contributed by atoms with E-state index in [0.717, 1.165) is 41.6 Å². The molecule has 0 bridgehead atoms. The first-order valence-electron chi connectivity index (χ1n) is 9.14. The third-order valence-electron chi connectivity index (χ3n) is 5.06. The molecule has 1 fully saturated rings. The van der Waals surface area contributed by atoms with E-state index in [4.69, 9.17) is 12.2 Å². The number of para-hydroxylation sites is 2. The molecule has 0 spiro atoms. The maximum Gasteiger partial charge on any atom is 0.242 e. The van der Waals surface area contributed by atoms with Crippen LogP contribution in [0.4, 0.5) is 11.4 Å². The smallest absolute Gasteiger partial charge is 0.242 e. The number of rotatable bonds is 2. The van der Waals surface area contributed by atoms with Crippen molar-refractivity contribution in [3.8, 4) is 0 Å². The molecule has 26 heavy (non-hydrogen) atoms. The van der Waals surface area contributed by atoms with Gasteiger partial charge in [0.1, 0.15) is 4.32 Å². The number of amides is 1. The fraction of sp³-hybridized carbons (Fsp3) is 0.333. The van der Waals surface area contributed by atoms with Gasteiger partial charge in [-0.2, -0.15) is 0 Å². The molecule has 2 aromatic rings. The van der Waals surface area contributed by atoms with E-state index in [0.29, 0.717) is 5.75 Å². The average molecular weight is 383 g/mol. The Balaban J connectivity index is 1.59. The Morgan fingerprint density at radius 2 is 1.46 bits per heavy atom. The molecule has 1 saturated heterocycles. The molecule has 134 valence electrons. The number of carbonyl (C=O) groups is 1. The molecular weight excluding hydrogens is 360 g/mol. The number of thioether (sulfide) groups is 1. The minimum Gasteiger partial charge on any atom is -0.358 e. The van der Waals surface area contributed by atoms with Crippen LogP contribution < -0.4 is 4.90 Å². The Morgan fingerprint density at radius 1 is 0.923 bits per heavy atom. The molecule has 0 saturated carbocycles. The molecule has 0 radical (unpaired) electrons. The van der Waals surface area contributed by atoms with E-state index < -0.39 is 0 Å². The van der Waals surface area contributed by atoms with E-state index in [2.05, 4.69) is 41.3 Å². The maximum absolute atomic E-state index is 13.2. The molecule has 0 aliphatic carbocycles. The summed E-state index contributed by atoms with van der Waals surface area (Å²) in [7, 11) is 0. The van der Waals surface area contributed by atoms with E-state index in [1.807, 2.05) is 17.0 Å². The van der Waals surface area contributed by atoms with Crippen LogP contribution in [0, 0.1) is 0 Å². The highest BCUT2D eigenvalue weighted by Gasteiger charge is 2.26. The van der Waals surface area contributed by atoms with Gasteiger partial charge >= 0.3 is 0 Å². The van der Waals surface area contributed by atoms with Crippen molar-refractivity contribution in [3.05, 3.63) is 59.7 Å². The Bertz CT molecular complexity index is 783. The number of aryl methyl sites for hydroxylation is 2. The van der Waals surface area contributed by atoms with Gasteiger partial charge in [0, 0.05) is 13.1 Å². The van der Waals surface area contributed by atoms with Crippen molar-refractivity contribution in [2.45, 2.75) is 25.7 Å². The number of likely N-dealkylation sites (tertiary alicyclic amines) is 1. The first kappa shape index (κ1) is 17.6. The van der Waals surface area contributed by atoms with Crippen LogP contribution >= 0.6 is 24.0 Å². The van der Waals surface area contributed by atoms with Crippen LogP contribution in [-0.2, 0) is 17.6 Å². The predicted octanol–water partition coefficient (Wildman–Crippen LogP) is 4.56. The van der Waals surface area contributed by atoms with Crippen molar-refractivity contribution in [1.29, 1.82) is 0 Å². The van der Waals surface area contributed by atoms with Gasteiger partial charge in [0.25, 0.3) is 0 Å². The lowest BCUT2D eigenvalue weighted by Crippen LogP contribution is -2.30. The zero-order valence-electron chi connectivity index (χ0n) is 14.7. The predicted molar refractivity (Wildman–Crippen MR) is 113 cm³/mol. The molecule has 4 rings (SSSR count). The molecule has 2 aliphatic rings. The number of carbonyl (C=O) groups excluding carboxylic acids is 1. The van der Waals surface area contributed by atoms with Crippen LogP contribution in [0.25, 0.3) is 0 Å². The van der Waals surface area contributed by atoms with Crippen molar-refractivity contribution in [2.75, 3.05) is 23.7 Å². The number of fused-ring (bicyclic) bond motifs is 2. The minimum absolute atomic E-state index is 0.0957. The van der Waals surface area contributed by atoms with Gasteiger partial charge in [-0.1, -0.05) is 60.4 Å².